The second-order valence-electron chi connectivity index (χ2n) is 22.8. The summed E-state index contributed by atoms with van der Waals surface area (Å²) in [5.41, 5.74) is 13.4. The number of fused-ring (bicyclic) bond motifs is 2. The van der Waals surface area contributed by atoms with E-state index in [2.05, 4.69) is 172 Å². The summed E-state index contributed by atoms with van der Waals surface area (Å²) in [4.78, 5) is 36.0. The van der Waals surface area contributed by atoms with Crippen LogP contribution < -0.4 is 0 Å². The fourth-order valence-electron chi connectivity index (χ4n) is 12.6. The predicted molar refractivity (Wildman–Crippen MR) is 319 cm³/mol. The average molecular weight is 1050 g/mol. The first-order chi connectivity index (χ1) is 37.2. The van der Waals surface area contributed by atoms with E-state index >= 15 is 9.59 Å². The highest BCUT2D eigenvalue weighted by Gasteiger charge is 2.36. The van der Waals surface area contributed by atoms with E-state index in [-0.39, 0.29) is 11.6 Å². The van der Waals surface area contributed by atoms with Gasteiger partial charge in [-0.3, -0.25) is 9.59 Å². The van der Waals surface area contributed by atoms with Crippen molar-refractivity contribution in [2.75, 3.05) is 0 Å². The SMILES string of the molecule is CC1CCC(c2ccc(-c3ccc(Sc4cccc5c4C(=O)c4c(Sc6ccc(-c7ccc(C8CCC(C)CC8)cc7)cc6)ccc(Sc6ccc(-c7ccc(C8CCC(C)CC8)cc7)cc6)c4C5=O)cc3)cc2)CC1. The van der Waals surface area contributed by atoms with Gasteiger partial charge >= 0.3 is 0 Å². The molecule has 0 atom stereocenters. The van der Waals surface area contributed by atoms with E-state index in [0.717, 1.165) is 58.3 Å². The summed E-state index contributed by atoms with van der Waals surface area (Å²) in [7, 11) is 0. The molecule has 0 amide bonds. The molecule has 3 saturated carbocycles. The summed E-state index contributed by atoms with van der Waals surface area (Å²) in [5, 5.41) is 0. The smallest absolute Gasteiger partial charge is 0.196 e. The second kappa shape index (κ2) is 22.6. The van der Waals surface area contributed by atoms with Crippen LogP contribution >= 0.6 is 35.3 Å². The Kier molecular flexibility index (Phi) is 15.2. The van der Waals surface area contributed by atoms with E-state index in [1.165, 1.54) is 116 Å². The Hall–Kier alpha value is -5.85. The normalized spacial score (nSPS) is 21.5. The lowest BCUT2D eigenvalue weighted by atomic mass is 9.79. The monoisotopic (exact) mass is 1050 g/mol. The van der Waals surface area contributed by atoms with Gasteiger partial charge in [0.15, 0.2) is 11.6 Å². The van der Waals surface area contributed by atoms with Gasteiger partial charge in [0.05, 0.1) is 0 Å². The van der Waals surface area contributed by atoms with E-state index in [1.54, 1.807) is 35.3 Å². The third-order valence-corrected chi connectivity index (χ3v) is 20.7. The predicted octanol–water partition coefficient (Wildman–Crippen LogP) is 20.8. The third-order valence-electron chi connectivity index (χ3n) is 17.5. The number of carbonyl (C=O) groups excluding carboxylic acids is 2. The van der Waals surface area contributed by atoms with Gasteiger partial charge in [0.1, 0.15) is 0 Å². The lowest BCUT2D eigenvalue weighted by Crippen LogP contribution is -2.23. The summed E-state index contributed by atoms with van der Waals surface area (Å²) < 4.78 is 0. The van der Waals surface area contributed by atoms with E-state index in [9.17, 15) is 0 Å². The maximum atomic E-state index is 15.4. The minimum Gasteiger partial charge on any atom is -0.289 e. The van der Waals surface area contributed by atoms with Crippen molar-refractivity contribution in [3.63, 3.8) is 0 Å². The van der Waals surface area contributed by atoms with Crippen molar-refractivity contribution in [3.05, 3.63) is 215 Å². The molecule has 5 heteroatoms. The molecule has 0 radical (unpaired) electrons. The van der Waals surface area contributed by atoms with Crippen molar-refractivity contribution in [2.45, 2.75) is 145 Å². The third kappa shape index (κ3) is 11.0. The molecule has 0 unspecified atom stereocenters. The number of rotatable bonds is 12. The number of hydrogen-bond donors (Lipinski definition) is 0. The number of benzene rings is 8. The summed E-state index contributed by atoms with van der Waals surface area (Å²) >= 11 is 4.68. The van der Waals surface area contributed by atoms with Crippen LogP contribution in [-0.2, 0) is 0 Å². The van der Waals surface area contributed by atoms with E-state index < -0.39 is 0 Å². The van der Waals surface area contributed by atoms with Gasteiger partial charge in [0.2, 0.25) is 0 Å². The maximum absolute atomic E-state index is 15.4. The topological polar surface area (TPSA) is 34.1 Å². The van der Waals surface area contributed by atoms with Crippen LogP contribution in [0.15, 0.2) is 205 Å². The van der Waals surface area contributed by atoms with Crippen molar-refractivity contribution in [1.29, 1.82) is 0 Å². The molecule has 0 saturated heterocycles. The molecule has 4 aliphatic carbocycles. The molecule has 4 aliphatic rings. The Labute approximate surface area is 464 Å². The molecule has 8 aromatic rings. The van der Waals surface area contributed by atoms with Crippen LogP contribution in [0.1, 0.15) is 164 Å². The van der Waals surface area contributed by atoms with Gasteiger partial charge < -0.3 is 0 Å². The van der Waals surface area contributed by atoms with E-state index in [0.29, 0.717) is 40.0 Å². The Bertz CT molecular complexity index is 3330. The van der Waals surface area contributed by atoms with Gasteiger partial charge in [-0.05, 0) is 179 Å². The Balaban J connectivity index is 0.816. The zero-order valence-corrected chi connectivity index (χ0v) is 46.7. The number of hydrogen-bond acceptors (Lipinski definition) is 5. The van der Waals surface area contributed by atoms with Crippen molar-refractivity contribution in [2.24, 2.45) is 17.8 Å². The van der Waals surface area contributed by atoms with Crippen molar-refractivity contribution in [1.82, 2.24) is 0 Å². The molecule has 0 aromatic heterocycles. The van der Waals surface area contributed by atoms with Crippen LogP contribution in [0.5, 0.6) is 0 Å². The Morgan fingerprint density at radius 2 is 0.566 bits per heavy atom. The first kappa shape index (κ1) is 50.9. The minimum atomic E-state index is -0.107. The molecule has 382 valence electrons. The highest BCUT2D eigenvalue weighted by Crippen LogP contribution is 2.47. The van der Waals surface area contributed by atoms with Gasteiger partial charge in [0.25, 0.3) is 0 Å². The van der Waals surface area contributed by atoms with Crippen LogP contribution in [0.4, 0.5) is 0 Å². The summed E-state index contributed by atoms with van der Waals surface area (Å²) in [6.07, 6.45) is 15.6. The van der Waals surface area contributed by atoms with Crippen LogP contribution in [0.2, 0.25) is 0 Å². The summed E-state index contributed by atoms with van der Waals surface area (Å²) in [6.45, 7) is 7.14. The number of carbonyl (C=O) groups is 2. The quantitative estimate of drug-likeness (QED) is 0.122. The molecule has 0 N–H and O–H groups in total. The molecule has 12 rings (SSSR count). The molecule has 2 nitrogen and oxygen atoms in total. The molecule has 0 aliphatic heterocycles. The first-order valence-corrected chi connectivity index (χ1v) is 30.7. The van der Waals surface area contributed by atoms with Gasteiger partial charge in [-0.1, -0.05) is 216 Å². The molecular weight excluding hydrogens is 981 g/mol. The van der Waals surface area contributed by atoms with Crippen LogP contribution in [0.3, 0.4) is 0 Å². The van der Waals surface area contributed by atoms with Crippen LogP contribution in [0, 0.1) is 17.8 Å². The summed E-state index contributed by atoms with van der Waals surface area (Å²) in [5.74, 6) is 4.30. The average Bonchev–Trinajstić information content (AvgIpc) is 3.55. The Morgan fingerprint density at radius 3 is 0.882 bits per heavy atom. The van der Waals surface area contributed by atoms with Crippen LogP contribution in [0.25, 0.3) is 33.4 Å². The lowest BCUT2D eigenvalue weighted by molar-refractivity contribution is 0.0972. The molecule has 76 heavy (non-hydrogen) atoms. The van der Waals surface area contributed by atoms with Crippen molar-refractivity contribution in [3.8, 4) is 33.4 Å². The van der Waals surface area contributed by atoms with Crippen molar-refractivity contribution >= 4 is 46.9 Å². The standard InChI is InChI=1S/C71H68O2S3/c1-45-7-13-48(14-8-45)51-19-25-54(26-20-51)57-31-37-60(38-32-57)74-64-6-4-5-63-67(64)71(73)69-66(76-62-41-35-59(36-42-62)56-29-23-53(24-30-56)50-17-11-47(3)12-18-50)44-43-65(68(69)70(63)72)75-61-39-33-58(34-40-61)55-27-21-52(22-28-55)49-15-9-46(2)10-16-49/h4-6,19-50H,7-18H2,1-3H3. The van der Waals surface area contributed by atoms with E-state index in [4.69, 9.17) is 0 Å². The molecular formula is C71H68O2S3. The maximum Gasteiger partial charge on any atom is 0.196 e. The zero-order valence-electron chi connectivity index (χ0n) is 44.2. The summed E-state index contributed by atoms with van der Waals surface area (Å²) in [6, 6.07) is 63.4. The highest BCUT2D eigenvalue weighted by molar-refractivity contribution is 8.00. The largest absolute Gasteiger partial charge is 0.289 e. The fourth-order valence-corrected chi connectivity index (χ4v) is 15.5. The van der Waals surface area contributed by atoms with Gasteiger partial charge in [0, 0.05) is 51.6 Å². The second-order valence-corrected chi connectivity index (χ2v) is 26.1. The molecule has 0 bridgehead atoms. The first-order valence-electron chi connectivity index (χ1n) is 28.2. The van der Waals surface area contributed by atoms with Gasteiger partial charge in [-0.15, -0.1) is 0 Å². The molecule has 0 spiro atoms. The van der Waals surface area contributed by atoms with Crippen LogP contribution in [-0.4, -0.2) is 11.6 Å². The lowest BCUT2D eigenvalue weighted by Gasteiger charge is -2.26. The van der Waals surface area contributed by atoms with Gasteiger partial charge in [-0.25, -0.2) is 0 Å². The highest BCUT2D eigenvalue weighted by atomic mass is 32.2. The van der Waals surface area contributed by atoms with Gasteiger partial charge in [-0.2, -0.15) is 0 Å². The van der Waals surface area contributed by atoms with Crippen molar-refractivity contribution < 1.29 is 9.59 Å². The molecule has 3 fully saturated rings. The fraction of sp³-hybridized carbons (Fsp3) is 0.296. The minimum absolute atomic E-state index is 0.104. The number of ketones is 2. The molecule has 8 aromatic carbocycles. The zero-order chi connectivity index (χ0) is 51.7. The molecule has 0 heterocycles. The van der Waals surface area contributed by atoms with E-state index in [1.807, 2.05) is 24.3 Å². The Morgan fingerprint density at radius 1 is 0.289 bits per heavy atom.